The topological polar surface area (TPSA) is 310 Å². The zero-order chi connectivity index (χ0) is 47.4. The highest BCUT2D eigenvalue weighted by atomic mass is 32.1. The Hall–Kier alpha value is -5.39. The number of nitrogens with zero attached hydrogens (tertiary/aromatic N) is 2. The summed E-state index contributed by atoms with van der Waals surface area (Å²) in [7, 11) is 0. The highest BCUT2D eigenvalue weighted by Crippen LogP contribution is 2.59. The molecule has 2 aromatic rings. The average Bonchev–Trinajstić information content (AvgIpc) is 3.52. The lowest BCUT2D eigenvalue weighted by molar-refractivity contribution is -0.140. The summed E-state index contributed by atoms with van der Waals surface area (Å²) in [6.45, 7) is 6.61. The van der Waals surface area contributed by atoms with Gasteiger partial charge in [-0.05, 0) is 72.1 Å². The highest BCUT2D eigenvalue weighted by Gasteiger charge is 2.67. The maximum absolute atomic E-state index is 14.0. The molecule has 354 valence electrons. The van der Waals surface area contributed by atoms with Gasteiger partial charge in [-0.2, -0.15) is 0 Å². The molecule has 1 aromatic heterocycles. The largest absolute Gasteiger partial charge is 0.494 e. The van der Waals surface area contributed by atoms with Gasteiger partial charge in [0, 0.05) is 40.2 Å². The number of alkyl carbamates (subject to hydrolysis) is 1. The van der Waals surface area contributed by atoms with E-state index < -0.39 is 90.5 Å². The minimum atomic E-state index is -1.87. The van der Waals surface area contributed by atoms with Crippen LogP contribution in [-0.2, 0) is 28.7 Å². The van der Waals surface area contributed by atoms with Crippen LogP contribution in [0.4, 0.5) is 9.59 Å². The van der Waals surface area contributed by atoms with Crippen molar-refractivity contribution in [2.24, 2.45) is 5.41 Å². The van der Waals surface area contributed by atoms with Crippen molar-refractivity contribution in [2.75, 3.05) is 46.0 Å². The number of ether oxygens (including phenoxy) is 3. The van der Waals surface area contributed by atoms with Crippen molar-refractivity contribution in [1.29, 1.82) is 5.41 Å². The Bertz CT molecular complexity index is 1950. The molecule has 21 nitrogen and oxygen atoms in total. The molecule has 1 saturated heterocycles. The minimum Gasteiger partial charge on any atom is -0.494 e. The molecule has 10 N–H and O–H groups in total. The van der Waals surface area contributed by atoms with E-state index in [1.54, 1.807) is 51.3 Å². The van der Waals surface area contributed by atoms with Gasteiger partial charge in [0.2, 0.25) is 23.6 Å². The van der Waals surface area contributed by atoms with Gasteiger partial charge in [-0.15, -0.1) is 11.3 Å². The van der Waals surface area contributed by atoms with Crippen LogP contribution in [0.1, 0.15) is 76.8 Å². The van der Waals surface area contributed by atoms with Crippen LogP contribution in [-0.4, -0.2) is 165 Å². The molecule has 4 rings (SSSR count). The van der Waals surface area contributed by atoms with Crippen molar-refractivity contribution in [1.82, 2.24) is 31.1 Å². The number of rotatable bonds is 23. The monoisotopic (exact) mass is 919 g/mol. The van der Waals surface area contributed by atoms with Gasteiger partial charge in [-0.3, -0.25) is 34.8 Å². The van der Waals surface area contributed by atoms with E-state index in [2.05, 4.69) is 21.3 Å². The number of aliphatic hydroxyl groups excluding tert-OH is 4. The normalized spacial score (nSPS) is 20.0. The number of likely N-dealkylation sites (tertiary alicyclic amines) is 1. The predicted molar refractivity (Wildman–Crippen MR) is 230 cm³/mol. The molecular weight excluding hydrogens is 859 g/mol. The van der Waals surface area contributed by atoms with E-state index >= 15 is 0 Å². The Morgan fingerprint density at radius 1 is 0.984 bits per heavy atom. The van der Waals surface area contributed by atoms with Crippen LogP contribution in [0, 0.1) is 10.8 Å². The molecule has 2 heterocycles. The van der Waals surface area contributed by atoms with Crippen molar-refractivity contribution in [3.05, 3.63) is 52.2 Å². The molecule has 0 unspecified atom stereocenters. The van der Waals surface area contributed by atoms with Crippen LogP contribution in [0.5, 0.6) is 5.75 Å². The summed E-state index contributed by atoms with van der Waals surface area (Å²) in [5.74, 6) is -1.51. The Kier molecular flexibility index (Phi) is 18.4. The first kappa shape index (κ1) is 51.2. The second kappa shape index (κ2) is 23.0. The van der Waals surface area contributed by atoms with Gasteiger partial charge >= 0.3 is 12.2 Å². The van der Waals surface area contributed by atoms with E-state index in [1.807, 2.05) is 18.2 Å². The van der Waals surface area contributed by atoms with Crippen molar-refractivity contribution in [3.63, 3.8) is 0 Å². The summed E-state index contributed by atoms with van der Waals surface area (Å²) >= 11 is 1.27. The molecule has 8 atom stereocenters. The van der Waals surface area contributed by atoms with Gasteiger partial charge in [0.15, 0.2) is 0 Å². The number of fused-ring (bicyclic) bond motifs is 1. The van der Waals surface area contributed by atoms with Crippen LogP contribution < -0.4 is 26.0 Å². The quantitative estimate of drug-likeness (QED) is 0.0417. The van der Waals surface area contributed by atoms with E-state index in [0.717, 1.165) is 0 Å². The maximum atomic E-state index is 14.0. The summed E-state index contributed by atoms with van der Waals surface area (Å²) in [6, 6.07) is 8.95. The number of benzene rings is 1. The third-order valence-corrected chi connectivity index (χ3v) is 11.6. The number of hydrogen-bond donors (Lipinski definition) is 10. The number of nitrogens with one attached hydrogen (secondary N) is 5. The van der Waals surface area contributed by atoms with Crippen LogP contribution in [0.15, 0.2) is 41.8 Å². The highest BCUT2D eigenvalue weighted by molar-refractivity contribution is 7.10. The first-order valence-electron chi connectivity index (χ1n) is 20.9. The van der Waals surface area contributed by atoms with Gasteiger partial charge in [0.1, 0.15) is 48.1 Å². The number of aliphatic hydroxyl groups is 4. The number of carbonyl (C=O) groups is 6. The smallest absolute Gasteiger partial charge is 0.413 e. The Labute approximate surface area is 374 Å². The molecule has 2 fully saturated rings. The van der Waals surface area contributed by atoms with E-state index in [0.29, 0.717) is 40.5 Å². The Balaban J connectivity index is 1.33. The molecule has 6 amide bonds. The SMILES string of the molecule is C[C@H](O)[C@H](O)[C@@H](O)[C@@H](O)CN(CC(=O)NCCOC[C@@]12C[C@@H]1N(C(=O)CNC(=O)CCCOc1ccccc1)[C@H](C(=O)N[C@H](C)c1cc(C(=N)NC(=O)OC(C)(C)C)cs1)C2)C(=O)O. The van der Waals surface area contributed by atoms with Crippen molar-refractivity contribution in [3.8, 4) is 5.75 Å². The van der Waals surface area contributed by atoms with Crippen LogP contribution in [0.3, 0.4) is 0 Å². The Morgan fingerprint density at radius 2 is 1.69 bits per heavy atom. The lowest BCUT2D eigenvalue weighted by Gasteiger charge is -2.28. The van der Waals surface area contributed by atoms with Gasteiger partial charge in [0.25, 0.3) is 0 Å². The molecule has 1 saturated carbocycles. The molecule has 0 radical (unpaired) electrons. The van der Waals surface area contributed by atoms with E-state index in [9.17, 15) is 54.3 Å². The van der Waals surface area contributed by atoms with Crippen molar-refractivity contribution >= 4 is 53.0 Å². The predicted octanol–water partition coefficient (Wildman–Crippen LogP) is 0.687. The molecule has 2 aliphatic rings. The fraction of sp³-hybridized carbons (Fsp3) is 0.595. The lowest BCUT2D eigenvalue weighted by atomic mass is 10.00. The number of thiophene rings is 1. The summed E-state index contributed by atoms with van der Waals surface area (Å²) in [4.78, 5) is 79.6. The summed E-state index contributed by atoms with van der Waals surface area (Å²) < 4.78 is 16.8. The van der Waals surface area contributed by atoms with Crippen molar-refractivity contribution in [2.45, 2.75) is 108 Å². The molecular formula is C42H61N7O14S. The third-order valence-electron chi connectivity index (χ3n) is 10.5. The second-order valence-corrected chi connectivity index (χ2v) is 17.9. The number of hydrogen-bond acceptors (Lipinski definition) is 15. The van der Waals surface area contributed by atoms with Gasteiger partial charge in [0.05, 0.1) is 45.1 Å². The third kappa shape index (κ3) is 15.1. The summed E-state index contributed by atoms with van der Waals surface area (Å²) in [5.41, 5.74) is -0.952. The van der Waals surface area contributed by atoms with Gasteiger partial charge < -0.3 is 60.6 Å². The van der Waals surface area contributed by atoms with E-state index in [4.69, 9.17) is 19.6 Å². The number of amides is 6. The molecule has 1 aliphatic carbocycles. The first-order chi connectivity index (χ1) is 30.1. The molecule has 22 heteroatoms. The van der Waals surface area contributed by atoms with Crippen LogP contribution >= 0.6 is 11.3 Å². The second-order valence-electron chi connectivity index (χ2n) is 17.0. The zero-order valence-electron chi connectivity index (χ0n) is 36.6. The fourth-order valence-electron chi connectivity index (χ4n) is 7.11. The first-order valence-corrected chi connectivity index (χ1v) is 21.8. The van der Waals surface area contributed by atoms with Gasteiger partial charge in [-0.25, -0.2) is 9.59 Å². The number of piperidine rings is 1. The zero-order valence-corrected chi connectivity index (χ0v) is 37.4. The number of amidine groups is 1. The molecule has 0 bridgehead atoms. The maximum Gasteiger partial charge on any atom is 0.413 e. The molecule has 1 aromatic carbocycles. The van der Waals surface area contributed by atoms with Gasteiger partial charge in [-0.1, -0.05) is 18.2 Å². The van der Waals surface area contributed by atoms with Crippen LogP contribution in [0.25, 0.3) is 0 Å². The standard InChI is InChI=1S/C42H61N7O14S/c1-24(30-16-26(22-64-30)37(43)47-39(58)63-41(3,4)5)46-38(57)28-17-42(18-31(42)49(28)34(54)19-45-32(52)12-9-14-62-27-10-7-6-8-11-27)23-61-15-13-44-33(53)21-48(40(59)60)20-29(51)36(56)35(55)25(2)50/h6-8,10-11,16,22,24-25,28-29,31,35-36,50-51,55-56H,9,12-15,17-21,23H2,1-5H3,(H,44,53)(H,45,52)(H,46,57)(H,59,60)(H2,43,47,58)/t24-,25+,28+,29+,31+,35+,36+,42-/m1/s1. The van der Waals surface area contributed by atoms with E-state index in [1.165, 1.54) is 23.2 Å². The lowest BCUT2D eigenvalue weighted by Crippen LogP contribution is -2.51. The molecule has 64 heavy (non-hydrogen) atoms. The molecule has 0 spiro atoms. The van der Waals surface area contributed by atoms with Crippen molar-refractivity contribution < 1.29 is 68.5 Å². The average molecular weight is 920 g/mol. The Morgan fingerprint density at radius 3 is 2.34 bits per heavy atom. The number of carboxylic acid groups (broad SMARTS) is 1. The number of carbonyl (C=O) groups excluding carboxylic acids is 5. The summed E-state index contributed by atoms with van der Waals surface area (Å²) in [5, 5.41) is 69.5. The molecule has 1 aliphatic heterocycles. The summed E-state index contributed by atoms with van der Waals surface area (Å²) in [6.07, 6.45) is -7.90. The number of para-hydroxylation sites is 1. The van der Waals surface area contributed by atoms with Crippen LogP contribution in [0.2, 0.25) is 0 Å². The van der Waals surface area contributed by atoms with E-state index in [-0.39, 0.29) is 56.9 Å². The fourth-order valence-corrected chi connectivity index (χ4v) is 8.01. The minimum absolute atomic E-state index is 0.0143.